The number of carbonyl (C=O) groups is 1. The molecule has 23 heavy (non-hydrogen) atoms. The lowest BCUT2D eigenvalue weighted by Crippen LogP contribution is -2.56. The molecule has 0 saturated heterocycles. The molecule has 2 aliphatic rings. The van der Waals surface area contributed by atoms with Crippen LogP contribution in [0.2, 0.25) is 0 Å². The standard InChI is InChI=1S/C18H20N2O3/c1-20-10-12(17(21)22-2)8-18(23-3)13-5-4-6-14-16(13)11(9-19-14)7-15(18)20/h4-6,8-9,15,19H,7,10H2,1-3H3/t15-,18+/m1/s1. The van der Waals surface area contributed by atoms with Crippen molar-refractivity contribution in [2.75, 3.05) is 27.8 Å². The summed E-state index contributed by atoms with van der Waals surface area (Å²) in [7, 11) is 5.17. The Labute approximate surface area is 134 Å². The molecular weight excluding hydrogens is 292 g/mol. The van der Waals surface area contributed by atoms with Gasteiger partial charge in [0.05, 0.1) is 18.7 Å². The van der Waals surface area contributed by atoms with E-state index in [0.717, 1.165) is 17.5 Å². The van der Waals surface area contributed by atoms with E-state index < -0.39 is 5.60 Å². The van der Waals surface area contributed by atoms with Crippen molar-refractivity contribution in [3.05, 3.63) is 47.2 Å². The molecule has 1 N–H and O–H groups in total. The predicted octanol–water partition coefficient (Wildman–Crippen LogP) is 1.98. The number of fused-ring (bicyclic) bond motifs is 2. The molecule has 5 nitrogen and oxygen atoms in total. The van der Waals surface area contributed by atoms with Crippen molar-refractivity contribution in [2.24, 2.45) is 0 Å². The van der Waals surface area contributed by atoms with Crippen LogP contribution in [0.3, 0.4) is 0 Å². The lowest BCUT2D eigenvalue weighted by Gasteiger charge is -2.48. The van der Waals surface area contributed by atoms with E-state index in [2.05, 4.69) is 28.2 Å². The molecule has 1 aromatic heterocycles. The van der Waals surface area contributed by atoms with Gasteiger partial charge in [0.2, 0.25) is 0 Å². The number of hydrogen-bond acceptors (Lipinski definition) is 4. The van der Waals surface area contributed by atoms with Crippen molar-refractivity contribution in [3.8, 4) is 0 Å². The lowest BCUT2D eigenvalue weighted by atomic mass is 9.73. The van der Waals surface area contributed by atoms with Crippen LogP contribution in [0.4, 0.5) is 0 Å². The fraction of sp³-hybridized carbons (Fsp3) is 0.389. The normalized spacial score (nSPS) is 26.7. The average Bonchev–Trinajstić information content (AvgIpc) is 2.99. The van der Waals surface area contributed by atoms with E-state index in [0.29, 0.717) is 12.1 Å². The summed E-state index contributed by atoms with van der Waals surface area (Å²) in [6, 6.07) is 6.35. The summed E-state index contributed by atoms with van der Waals surface area (Å²) >= 11 is 0. The fourth-order valence-electron chi connectivity index (χ4n) is 4.18. The minimum atomic E-state index is -0.634. The van der Waals surface area contributed by atoms with E-state index in [1.807, 2.05) is 19.2 Å². The number of rotatable bonds is 2. The minimum absolute atomic E-state index is 0.148. The van der Waals surface area contributed by atoms with Gasteiger partial charge in [0, 0.05) is 30.8 Å². The summed E-state index contributed by atoms with van der Waals surface area (Å²) in [4.78, 5) is 17.6. The number of carbonyl (C=O) groups excluding carboxylic acids is 1. The maximum atomic E-state index is 12.1. The van der Waals surface area contributed by atoms with Gasteiger partial charge in [-0.2, -0.15) is 0 Å². The number of nitrogens with zero attached hydrogens (tertiary/aromatic N) is 1. The zero-order chi connectivity index (χ0) is 16.2. The molecule has 4 rings (SSSR count). The Morgan fingerprint density at radius 3 is 2.96 bits per heavy atom. The molecule has 1 aromatic carbocycles. The lowest BCUT2D eigenvalue weighted by molar-refractivity contribution is -0.137. The molecule has 0 saturated carbocycles. The average molecular weight is 312 g/mol. The van der Waals surface area contributed by atoms with Gasteiger partial charge in [0.25, 0.3) is 0 Å². The highest BCUT2D eigenvalue weighted by atomic mass is 16.5. The van der Waals surface area contributed by atoms with Crippen LogP contribution in [0.25, 0.3) is 10.9 Å². The fourth-order valence-corrected chi connectivity index (χ4v) is 4.18. The number of methoxy groups -OCH3 is 2. The van der Waals surface area contributed by atoms with Gasteiger partial charge >= 0.3 is 5.97 Å². The van der Waals surface area contributed by atoms with E-state index in [9.17, 15) is 4.79 Å². The number of nitrogens with one attached hydrogen (secondary N) is 1. The van der Waals surface area contributed by atoms with E-state index in [1.54, 1.807) is 7.11 Å². The Bertz CT molecular complexity index is 823. The highest BCUT2D eigenvalue weighted by Gasteiger charge is 2.49. The Balaban J connectivity index is 2.00. The van der Waals surface area contributed by atoms with Crippen molar-refractivity contribution < 1.29 is 14.3 Å². The van der Waals surface area contributed by atoms with E-state index in [4.69, 9.17) is 9.47 Å². The second-order valence-corrected chi connectivity index (χ2v) is 6.34. The second kappa shape index (κ2) is 4.94. The van der Waals surface area contributed by atoms with Crippen LogP contribution in [0.5, 0.6) is 0 Å². The first-order chi connectivity index (χ1) is 11.1. The number of likely N-dealkylation sites (N-methyl/N-ethyl adjacent to an activating group) is 1. The van der Waals surface area contributed by atoms with Crippen LogP contribution in [0.1, 0.15) is 11.1 Å². The van der Waals surface area contributed by atoms with Crippen LogP contribution in [-0.4, -0.2) is 49.7 Å². The number of esters is 1. The highest BCUT2D eigenvalue weighted by Crippen LogP contribution is 2.46. The molecular formula is C18H20N2O3. The topological polar surface area (TPSA) is 54.6 Å². The summed E-state index contributed by atoms with van der Waals surface area (Å²) < 4.78 is 11.0. The zero-order valence-electron chi connectivity index (χ0n) is 13.6. The molecule has 2 aromatic rings. The summed E-state index contributed by atoms with van der Waals surface area (Å²) in [5, 5.41) is 1.21. The second-order valence-electron chi connectivity index (χ2n) is 6.34. The molecule has 2 atom stereocenters. The van der Waals surface area contributed by atoms with Crippen molar-refractivity contribution in [1.29, 1.82) is 0 Å². The van der Waals surface area contributed by atoms with Crippen LogP contribution >= 0.6 is 0 Å². The minimum Gasteiger partial charge on any atom is -0.466 e. The van der Waals surface area contributed by atoms with Gasteiger partial charge in [0.15, 0.2) is 0 Å². The van der Waals surface area contributed by atoms with Gasteiger partial charge in [-0.1, -0.05) is 12.1 Å². The third-order valence-electron chi connectivity index (χ3n) is 5.24. The summed E-state index contributed by atoms with van der Waals surface area (Å²) in [6.07, 6.45) is 4.93. The first-order valence-electron chi connectivity index (χ1n) is 7.75. The van der Waals surface area contributed by atoms with Gasteiger partial charge < -0.3 is 14.5 Å². The molecule has 2 heterocycles. The first kappa shape index (κ1) is 14.5. The Morgan fingerprint density at radius 2 is 2.22 bits per heavy atom. The van der Waals surface area contributed by atoms with Crippen molar-refractivity contribution in [3.63, 3.8) is 0 Å². The quantitative estimate of drug-likeness (QED) is 0.862. The van der Waals surface area contributed by atoms with Crippen molar-refractivity contribution >= 4 is 16.9 Å². The maximum Gasteiger partial charge on any atom is 0.334 e. The van der Waals surface area contributed by atoms with Crippen LogP contribution < -0.4 is 0 Å². The first-order valence-corrected chi connectivity index (χ1v) is 7.75. The van der Waals surface area contributed by atoms with Gasteiger partial charge in [-0.3, -0.25) is 4.90 Å². The highest BCUT2D eigenvalue weighted by molar-refractivity contribution is 5.92. The van der Waals surface area contributed by atoms with E-state index in [-0.39, 0.29) is 12.0 Å². The largest absolute Gasteiger partial charge is 0.466 e. The van der Waals surface area contributed by atoms with E-state index in [1.165, 1.54) is 18.1 Å². The molecule has 0 spiro atoms. The molecule has 5 heteroatoms. The van der Waals surface area contributed by atoms with Crippen LogP contribution in [-0.2, 0) is 26.3 Å². The van der Waals surface area contributed by atoms with Gasteiger partial charge in [-0.05, 0) is 36.7 Å². The molecule has 0 bridgehead atoms. The zero-order valence-corrected chi connectivity index (χ0v) is 13.6. The number of benzene rings is 1. The van der Waals surface area contributed by atoms with Gasteiger partial charge in [-0.25, -0.2) is 4.79 Å². The molecule has 0 amide bonds. The number of ether oxygens (including phenoxy) is 2. The SMILES string of the molecule is COC(=O)C1=C[C@]2(OC)c3cccc4[nH]cc(c34)C[C@H]2N(C)C1. The predicted molar refractivity (Wildman–Crippen MR) is 87.2 cm³/mol. The molecule has 120 valence electrons. The summed E-state index contributed by atoms with van der Waals surface area (Å²) in [5.74, 6) is -0.293. The summed E-state index contributed by atoms with van der Waals surface area (Å²) in [6.45, 7) is 0.568. The summed E-state index contributed by atoms with van der Waals surface area (Å²) in [5.41, 5.74) is 3.52. The van der Waals surface area contributed by atoms with Gasteiger partial charge in [0.1, 0.15) is 5.60 Å². The third-order valence-corrected chi connectivity index (χ3v) is 5.24. The van der Waals surface area contributed by atoms with Gasteiger partial charge in [-0.15, -0.1) is 0 Å². The molecule has 1 aliphatic carbocycles. The Kier molecular flexibility index (Phi) is 3.11. The number of H-pyrrole nitrogens is 1. The maximum absolute atomic E-state index is 12.1. The van der Waals surface area contributed by atoms with Crippen LogP contribution in [0, 0.1) is 0 Å². The Hall–Kier alpha value is -2.11. The van der Waals surface area contributed by atoms with E-state index >= 15 is 0 Å². The number of aromatic amines is 1. The number of aromatic nitrogens is 1. The molecule has 0 radical (unpaired) electrons. The number of hydrogen-bond donors (Lipinski definition) is 1. The molecule has 0 unspecified atom stereocenters. The molecule has 0 fully saturated rings. The monoisotopic (exact) mass is 312 g/mol. The molecule has 1 aliphatic heterocycles. The third kappa shape index (κ3) is 1.84. The van der Waals surface area contributed by atoms with Crippen molar-refractivity contribution in [2.45, 2.75) is 18.1 Å². The van der Waals surface area contributed by atoms with Crippen LogP contribution in [0.15, 0.2) is 36.0 Å². The smallest absolute Gasteiger partial charge is 0.334 e. The Morgan fingerprint density at radius 1 is 1.39 bits per heavy atom. The van der Waals surface area contributed by atoms with Crippen molar-refractivity contribution in [1.82, 2.24) is 9.88 Å².